The largest absolute Gasteiger partial charge is 0.426 e. The van der Waals surface area contributed by atoms with Crippen LogP contribution in [-0.4, -0.2) is 30.4 Å². The third kappa shape index (κ3) is 1.94. The van der Waals surface area contributed by atoms with Crippen molar-refractivity contribution in [3.63, 3.8) is 0 Å². The van der Waals surface area contributed by atoms with Crippen LogP contribution in [0.4, 0.5) is 0 Å². The highest BCUT2D eigenvalue weighted by atomic mass is 16.5. The molecule has 3 saturated carbocycles. The van der Waals surface area contributed by atoms with Gasteiger partial charge in [0.05, 0.1) is 30.3 Å². The molecule has 4 nitrogen and oxygen atoms in total. The summed E-state index contributed by atoms with van der Waals surface area (Å²) in [7, 11) is 0. The quantitative estimate of drug-likeness (QED) is 0.594. The highest BCUT2D eigenvalue weighted by Crippen LogP contribution is 2.70. The number of para-hydroxylation sites is 1. The number of esters is 1. The van der Waals surface area contributed by atoms with Crippen LogP contribution in [0.1, 0.15) is 32.1 Å². The minimum atomic E-state index is -0.0151. The summed E-state index contributed by atoms with van der Waals surface area (Å²) < 4.78 is 18.7. The highest BCUT2D eigenvalue weighted by molar-refractivity contribution is 5.76. The fourth-order valence-electron chi connectivity index (χ4n) is 8.38. The molecule has 1 aromatic rings. The number of hydrogen-bond donors (Lipinski definition) is 0. The molecule has 0 amide bonds. The summed E-state index contributed by atoms with van der Waals surface area (Å²) >= 11 is 0. The summed E-state index contributed by atoms with van der Waals surface area (Å²) in [6, 6.07) is 9.57. The first-order valence-corrected chi connectivity index (χ1v) is 10.9. The summed E-state index contributed by atoms with van der Waals surface area (Å²) in [6.07, 6.45) is 7.43. The van der Waals surface area contributed by atoms with Gasteiger partial charge in [-0.15, -0.1) is 0 Å². The molecule has 0 N–H and O–H groups in total. The first-order chi connectivity index (χ1) is 13.3. The second-order valence-electron chi connectivity index (χ2n) is 9.71. The average Bonchev–Trinajstić information content (AvgIpc) is 3.49. The van der Waals surface area contributed by atoms with E-state index in [2.05, 4.69) is 0 Å². The Bertz CT molecular complexity index is 744. The van der Waals surface area contributed by atoms with E-state index in [-0.39, 0.29) is 11.9 Å². The molecular weight excluding hydrogens is 340 g/mol. The van der Waals surface area contributed by atoms with Gasteiger partial charge in [0.1, 0.15) is 5.75 Å². The highest BCUT2D eigenvalue weighted by Gasteiger charge is 2.72. The van der Waals surface area contributed by atoms with Crippen molar-refractivity contribution in [2.45, 2.75) is 56.5 Å². The standard InChI is InChI=1S/C23H26O4/c24-23(25-11-4-2-1-3-5-11)13-10-12-18-14-6-8-16(26-14)21(18)20(13)22-17-9-7-15(27-17)19(12)22/h1-5,12-22H,6-10H2. The molecular formula is C23H26O4. The monoisotopic (exact) mass is 366 g/mol. The van der Waals surface area contributed by atoms with E-state index in [0.717, 1.165) is 6.42 Å². The van der Waals surface area contributed by atoms with E-state index < -0.39 is 0 Å². The van der Waals surface area contributed by atoms with Crippen molar-refractivity contribution in [1.29, 1.82) is 0 Å². The Labute approximate surface area is 159 Å². The summed E-state index contributed by atoms with van der Waals surface area (Å²) in [6.45, 7) is 0. The van der Waals surface area contributed by atoms with Crippen molar-refractivity contribution in [2.24, 2.45) is 41.4 Å². The Morgan fingerprint density at radius 1 is 0.778 bits per heavy atom. The zero-order valence-corrected chi connectivity index (χ0v) is 15.4. The lowest BCUT2D eigenvalue weighted by Crippen LogP contribution is -2.62. The zero-order valence-electron chi connectivity index (χ0n) is 15.4. The van der Waals surface area contributed by atoms with Crippen LogP contribution in [-0.2, 0) is 14.3 Å². The van der Waals surface area contributed by atoms with E-state index >= 15 is 0 Å². The van der Waals surface area contributed by atoms with E-state index in [4.69, 9.17) is 14.2 Å². The molecule has 6 bridgehead atoms. The molecule has 4 heterocycles. The first kappa shape index (κ1) is 15.5. The maximum absolute atomic E-state index is 13.2. The Morgan fingerprint density at radius 2 is 1.33 bits per heavy atom. The molecule has 7 aliphatic rings. The summed E-state index contributed by atoms with van der Waals surface area (Å²) in [5, 5.41) is 0. The van der Waals surface area contributed by atoms with Crippen LogP contribution in [0.25, 0.3) is 0 Å². The van der Waals surface area contributed by atoms with Crippen molar-refractivity contribution in [3.8, 4) is 5.75 Å². The van der Waals surface area contributed by atoms with Crippen LogP contribution in [0.15, 0.2) is 30.3 Å². The number of carbonyl (C=O) groups is 1. The number of hydrogen-bond acceptors (Lipinski definition) is 4. The van der Waals surface area contributed by atoms with E-state index in [1.54, 1.807) is 0 Å². The molecule has 0 aromatic heterocycles. The number of carbonyl (C=O) groups excluding carboxylic acids is 1. The number of benzene rings is 1. The van der Waals surface area contributed by atoms with Gasteiger partial charge >= 0.3 is 5.97 Å². The van der Waals surface area contributed by atoms with Gasteiger partial charge in [-0.05, 0) is 79.7 Å². The van der Waals surface area contributed by atoms with Gasteiger partial charge in [-0.25, -0.2) is 0 Å². The second kappa shape index (κ2) is 5.36. The predicted octanol–water partition coefficient (Wildman–Crippen LogP) is 3.45. The van der Waals surface area contributed by atoms with Gasteiger partial charge in [0.15, 0.2) is 0 Å². The lowest BCUT2D eigenvalue weighted by atomic mass is 9.42. The van der Waals surface area contributed by atoms with Gasteiger partial charge in [-0.2, -0.15) is 0 Å². The van der Waals surface area contributed by atoms with E-state index in [1.165, 1.54) is 25.7 Å². The lowest BCUT2D eigenvalue weighted by molar-refractivity contribution is -0.164. The molecule has 0 radical (unpaired) electrons. The SMILES string of the molecule is O=C(Oc1ccccc1)C1CC2C3C4CCC(O4)C3C1C1C3CCC(O3)C21. The van der Waals surface area contributed by atoms with Gasteiger partial charge in [0.2, 0.25) is 0 Å². The van der Waals surface area contributed by atoms with Gasteiger partial charge < -0.3 is 14.2 Å². The number of ether oxygens (including phenoxy) is 3. The first-order valence-electron chi connectivity index (χ1n) is 10.9. The molecule has 4 saturated heterocycles. The van der Waals surface area contributed by atoms with Gasteiger partial charge in [-0.3, -0.25) is 4.79 Å². The molecule has 1 aromatic carbocycles. The topological polar surface area (TPSA) is 44.8 Å². The van der Waals surface area contributed by atoms with E-state index in [0.29, 0.717) is 65.7 Å². The Balaban J connectivity index is 1.26. The van der Waals surface area contributed by atoms with Crippen molar-refractivity contribution in [3.05, 3.63) is 30.3 Å². The van der Waals surface area contributed by atoms with Crippen LogP contribution >= 0.6 is 0 Å². The molecule has 27 heavy (non-hydrogen) atoms. The van der Waals surface area contributed by atoms with Crippen molar-refractivity contribution in [2.75, 3.05) is 0 Å². The minimum Gasteiger partial charge on any atom is -0.426 e. The van der Waals surface area contributed by atoms with Crippen LogP contribution in [0.2, 0.25) is 0 Å². The zero-order chi connectivity index (χ0) is 17.7. The fraction of sp³-hybridized carbons (Fsp3) is 0.696. The van der Waals surface area contributed by atoms with Crippen molar-refractivity contribution >= 4 is 5.97 Å². The molecule has 8 rings (SSSR count). The fourth-order valence-corrected chi connectivity index (χ4v) is 8.38. The number of rotatable bonds is 2. The normalized spacial score (nSPS) is 53.4. The molecule has 7 fully saturated rings. The summed E-state index contributed by atoms with van der Waals surface area (Å²) in [5.41, 5.74) is 0. The summed E-state index contributed by atoms with van der Waals surface area (Å²) in [4.78, 5) is 13.2. The average molecular weight is 366 g/mol. The van der Waals surface area contributed by atoms with Crippen LogP contribution < -0.4 is 4.74 Å². The van der Waals surface area contributed by atoms with Crippen LogP contribution in [0.3, 0.4) is 0 Å². The molecule has 4 aliphatic heterocycles. The third-order valence-electron chi connectivity index (χ3n) is 8.91. The van der Waals surface area contributed by atoms with Crippen LogP contribution in [0, 0.1) is 41.4 Å². The van der Waals surface area contributed by atoms with E-state index in [1.807, 2.05) is 30.3 Å². The molecule has 3 aliphatic carbocycles. The maximum Gasteiger partial charge on any atom is 0.314 e. The van der Waals surface area contributed by atoms with Gasteiger partial charge in [0.25, 0.3) is 0 Å². The van der Waals surface area contributed by atoms with Gasteiger partial charge in [-0.1, -0.05) is 18.2 Å². The Morgan fingerprint density at radius 3 is 1.93 bits per heavy atom. The molecule has 142 valence electrons. The smallest absolute Gasteiger partial charge is 0.314 e. The van der Waals surface area contributed by atoms with Crippen LogP contribution in [0.5, 0.6) is 5.75 Å². The third-order valence-corrected chi connectivity index (χ3v) is 8.91. The maximum atomic E-state index is 13.2. The second-order valence-corrected chi connectivity index (χ2v) is 9.71. The molecule has 9 unspecified atom stereocenters. The molecule has 0 spiro atoms. The number of fused-ring (bicyclic) bond motifs is 5. The lowest BCUT2D eigenvalue weighted by Gasteiger charge is -2.59. The van der Waals surface area contributed by atoms with Gasteiger partial charge in [0, 0.05) is 0 Å². The van der Waals surface area contributed by atoms with Crippen molar-refractivity contribution in [1.82, 2.24) is 0 Å². The minimum absolute atomic E-state index is 0.0151. The molecule has 9 atom stereocenters. The predicted molar refractivity (Wildman–Crippen MR) is 96.9 cm³/mol. The van der Waals surface area contributed by atoms with E-state index in [9.17, 15) is 4.79 Å². The Hall–Kier alpha value is -1.39. The molecule has 4 heteroatoms. The summed E-state index contributed by atoms with van der Waals surface area (Å²) in [5.74, 6) is 4.10. The van der Waals surface area contributed by atoms with Crippen molar-refractivity contribution < 1.29 is 19.0 Å². The Kier molecular flexibility index (Phi) is 3.08.